The van der Waals surface area contributed by atoms with Crippen LogP contribution in [0.25, 0.3) is 10.8 Å². The van der Waals surface area contributed by atoms with Crippen LogP contribution < -0.4 is 0 Å². The third-order valence-corrected chi connectivity index (χ3v) is 8.17. The lowest BCUT2D eigenvalue weighted by atomic mass is 9.89. The number of rotatable bonds is 4. The Bertz CT molecular complexity index is 1280. The van der Waals surface area contributed by atoms with Crippen molar-refractivity contribution in [1.29, 1.82) is 0 Å². The zero-order valence-electron chi connectivity index (χ0n) is 20.9. The number of hydrogen-bond acceptors (Lipinski definition) is 3. The number of piperidine rings is 1. The van der Waals surface area contributed by atoms with Crippen molar-refractivity contribution < 1.29 is 13.6 Å². The molecule has 0 bridgehead atoms. The first kappa shape index (κ1) is 25.6. The Morgan fingerprint density at radius 3 is 2.19 bits per heavy atom. The van der Waals surface area contributed by atoms with Gasteiger partial charge in [-0.2, -0.15) is 11.3 Å². The van der Waals surface area contributed by atoms with Gasteiger partial charge in [-0.1, -0.05) is 48.5 Å². The minimum Gasteiger partial charge on any atom is -0.338 e. The average molecular weight is 519 g/mol. The van der Waals surface area contributed by atoms with Crippen molar-refractivity contribution in [3.05, 3.63) is 106 Å². The lowest BCUT2D eigenvalue weighted by Crippen LogP contribution is -2.37. The van der Waals surface area contributed by atoms with Crippen molar-refractivity contribution in [2.75, 3.05) is 32.7 Å². The van der Waals surface area contributed by atoms with E-state index in [0.29, 0.717) is 28.2 Å². The van der Waals surface area contributed by atoms with Crippen molar-refractivity contribution in [2.45, 2.75) is 25.2 Å². The summed E-state index contributed by atoms with van der Waals surface area (Å²) in [6.07, 6.45) is 3.17. The number of carbonyl (C=O) groups excluding carboxylic acids is 1. The van der Waals surface area contributed by atoms with Gasteiger partial charge in [-0.3, -0.25) is 4.79 Å². The van der Waals surface area contributed by atoms with Crippen LogP contribution in [0.1, 0.15) is 41.1 Å². The first-order valence-electron chi connectivity index (χ1n) is 13.0. The van der Waals surface area contributed by atoms with Crippen molar-refractivity contribution in [1.82, 2.24) is 9.80 Å². The normalized spacial score (nSPS) is 18.5. The summed E-state index contributed by atoms with van der Waals surface area (Å²) >= 11 is 1.71. The monoisotopic (exact) mass is 518 g/mol. The topological polar surface area (TPSA) is 23.6 Å². The second-order valence-electron chi connectivity index (χ2n) is 9.97. The van der Waals surface area contributed by atoms with Gasteiger partial charge >= 0.3 is 0 Å². The summed E-state index contributed by atoms with van der Waals surface area (Å²) in [7, 11) is 0. The van der Waals surface area contributed by atoms with Crippen LogP contribution >= 0.6 is 11.3 Å². The van der Waals surface area contributed by atoms with Crippen LogP contribution in [0.5, 0.6) is 0 Å². The molecule has 3 nitrogen and oxygen atoms in total. The van der Waals surface area contributed by atoms with E-state index in [1.54, 1.807) is 41.7 Å². The van der Waals surface area contributed by atoms with Crippen LogP contribution in [0.2, 0.25) is 0 Å². The number of thiophene rings is 1. The Morgan fingerprint density at radius 2 is 1.51 bits per heavy atom. The molecular weight excluding hydrogens is 486 g/mol. The van der Waals surface area contributed by atoms with Gasteiger partial charge in [-0.15, -0.1) is 0 Å². The lowest BCUT2D eigenvalue weighted by molar-refractivity contribution is 0.0784. The molecule has 37 heavy (non-hydrogen) atoms. The van der Waals surface area contributed by atoms with E-state index in [1.165, 1.54) is 11.6 Å². The number of halogens is 2. The fourth-order valence-electron chi connectivity index (χ4n) is 5.56. The summed E-state index contributed by atoms with van der Waals surface area (Å²) < 4.78 is 27.3. The molecule has 1 atom stereocenters. The van der Waals surface area contributed by atoms with Gasteiger partial charge in [0.15, 0.2) is 0 Å². The number of amides is 1. The van der Waals surface area contributed by atoms with Crippen molar-refractivity contribution in [2.24, 2.45) is 5.92 Å². The number of carbonyl (C=O) groups is 1. The van der Waals surface area contributed by atoms with Crippen molar-refractivity contribution in [3.63, 3.8) is 0 Å². The molecule has 6 rings (SSSR count). The molecular formula is C31H32F2N2OS. The number of benzene rings is 3. The first-order chi connectivity index (χ1) is 18.1. The van der Waals surface area contributed by atoms with Gasteiger partial charge in [0, 0.05) is 30.6 Å². The third kappa shape index (κ3) is 6.25. The van der Waals surface area contributed by atoms with Gasteiger partial charge in [0.05, 0.1) is 0 Å². The van der Waals surface area contributed by atoms with Crippen molar-refractivity contribution >= 4 is 28.0 Å². The molecule has 0 unspecified atom stereocenters. The zero-order chi connectivity index (χ0) is 25.6. The third-order valence-electron chi connectivity index (χ3n) is 7.55. The minimum absolute atomic E-state index is 0.00119. The highest BCUT2D eigenvalue weighted by Gasteiger charge is 2.30. The highest BCUT2D eigenvalue weighted by Crippen LogP contribution is 2.30. The predicted molar refractivity (Wildman–Crippen MR) is 147 cm³/mol. The highest BCUT2D eigenvalue weighted by molar-refractivity contribution is 7.07. The Hall–Kier alpha value is -3.09. The van der Waals surface area contributed by atoms with Crippen molar-refractivity contribution in [3.8, 4) is 0 Å². The smallest absolute Gasteiger partial charge is 0.254 e. The molecule has 3 heterocycles. The molecule has 0 saturated carbocycles. The number of fused-ring (bicyclic) bond motifs is 1. The van der Waals surface area contributed by atoms with E-state index in [0.717, 1.165) is 52.0 Å². The Kier molecular flexibility index (Phi) is 8.27. The largest absolute Gasteiger partial charge is 0.338 e. The molecule has 0 radical (unpaired) electrons. The lowest BCUT2D eigenvalue weighted by Gasteiger charge is -2.33. The van der Waals surface area contributed by atoms with E-state index in [4.69, 9.17) is 0 Å². The van der Waals surface area contributed by atoms with E-state index in [-0.39, 0.29) is 17.5 Å². The van der Waals surface area contributed by atoms with Gasteiger partial charge in [-0.05, 0) is 90.2 Å². The molecule has 2 fully saturated rings. The van der Waals surface area contributed by atoms with Gasteiger partial charge < -0.3 is 9.80 Å². The first-order valence-corrected chi connectivity index (χ1v) is 13.9. The molecule has 192 valence electrons. The van der Waals surface area contributed by atoms with Crippen LogP contribution in [0.4, 0.5) is 8.78 Å². The number of nitrogens with zero attached hydrogens (tertiary/aromatic N) is 2. The summed E-state index contributed by atoms with van der Waals surface area (Å²) in [6.45, 7) is 4.58. The van der Waals surface area contributed by atoms with Crippen LogP contribution in [0.3, 0.4) is 0 Å². The Labute approximate surface area is 221 Å². The number of hydrogen-bond donors (Lipinski definition) is 0. The van der Waals surface area contributed by atoms with E-state index < -0.39 is 0 Å². The maximum absolute atomic E-state index is 14.1. The average Bonchev–Trinajstić information content (AvgIpc) is 3.66. The number of likely N-dealkylation sites (tertiary alicyclic amines) is 2. The zero-order valence-corrected chi connectivity index (χ0v) is 21.7. The molecule has 2 saturated heterocycles. The molecule has 1 aromatic heterocycles. The second kappa shape index (κ2) is 12.0. The second-order valence-corrected chi connectivity index (χ2v) is 10.8. The molecule has 0 spiro atoms. The summed E-state index contributed by atoms with van der Waals surface area (Å²) in [6, 6.07) is 21.2. The quantitative estimate of drug-likeness (QED) is 0.285. The molecule has 2 aliphatic heterocycles. The summed E-state index contributed by atoms with van der Waals surface area (Å²) in [5.41, 5.74) is 1.82. The standard InChI is InChI=1S/C27H28F2N2O.C4H4S/c28-22-7-5-20(6-8-22)21-12-14-30(15-13-21)17-19-11-16-31(18-19)27(32)25-9-10-26(29)24-4-2-1-3-23(24)25;1-2-4-5-3-1/h1-10,19,21H,11-18H2;1-4H/t19-;/m1./s1. The van der Waals surface area contributed by atoms with Gasteiger partial charge in [0.2, 0.25) is 0 Å². The Morgan fingerprint density at radius 1 is 0.811 bits per heavy atom. The van der Waals surface area contributed by atoms with E-state index in [1.807, 2.05) is 52.1 Å². The predicted octanol–water partition coefficient (Wildman–Crippen LogP) is 7.21. The molecule has 2 aliphatic rings. The maximum atomic E-state index is 14.1. The molecule has 0 aliphatic carbocycles. The van der Waals surface area contributed by atoms with Gasteiger partial charge in [0.1, 0.15) is 11.6 Å². The van der Waals surface area contributed by atoms with Gasteiger partial charge in [0.25, 0.3) is 5.91 Å². The molecule has 1 amide bonds. The minimum atomic E-state index is -0.291. The molecule has 0 N–H and O–H groups in total. The molecule has 6 heteroatoms. The van der Waals surface area contributed by atoms with Crippen LogP contribution in [-0.4, -0.2) is 48.4 Å². The van der Waals surface area contributed by atoms with E-state index >= 15 is 0 Å². The van der Waals surface area contributed by atoms with E-state index in [2.05, 4.69) is 4.90 Å². The highest BCUT2D eigenvalue weighted by atomic mass is 32.1. The fraction of sp³-hybridized carbons (Fsp3) is 0.323. The molecule has 4 aromatic rings. The van der Waals surface area contributed by atoms with E-state index in [9.17, 15) is 13.6 Å². The molecule has 3 aromatic carbocycles. The van der Waals surface area contributed by atoms with Crippen LogP contribution in [0, 0.1) is 17.6 Å². The Balaban J connectivity index is 0.000000503. The van der Waals surface area contributed by atoms with Crippen LogP contribution in [0.15, 0.2) is 83.6 Å². The van der Waals surface area contributed by atoms with Gasteiger partial charge in [-0.25, -0.2) is 8.78 Å². The summed E-state index contributed by atoms with van der Waals surface area (Å²) in [5, 5.41) is 5.27. The fourth-order valence-corrected chi connectivity index (χ4v) is 6.01. The summed E-state index contributed by atoms with van der Waals surface area (Å²) in [4.78, 5) is 17.6. The SMILES string of the molecule is O=C(c1ccc(F)c2ccccc12)N1CC[C@H](CN2CCC(c3ccc(F)cc3)CC2)C1.c1ccsc1. The van der Waals surface area contributed by atoms with Crippen LogP contribution in [-0.2, 0) is 0 Å². The maximum Gasteiger partial charge on any atom is 0.254 e. The summed E-state index contributed by atoms with van der Waals surface area (Å²) in [5.74, 6) is 0.493.